The Morgan fingerprint density at radius 2 is 1.83 bits per heavy atom. The Morgan fingerprint density at radius 1 is 1.06 bits per heavy atom. The van der Waals surface area contributed by atoms with Crippen LogP contribution in [0.25, 0.3) is 22.2 Å². The van der Waals surface area contributed by atoms with Crippen molar-refractivity contribution >= 4 is 46.0 Å². The van der Waals surface area contributed by atoms with Gasteiger partial charge >= 0.3 is 6.09 Å². The maximum Gasteiger partial charge on any atom is 0.416 e. The minimum atomic E-state index is -1.11. The molecule has 1 aliphatic heterocycles. The zero-order chi connectivity index (χ0) is 24.7. The average molecular weight is 494 g/mol. The molecule has 11 heteroatoms. The van der Waals surface area contributed by atoms with E-state index in [-0.39, 0.29) is 5.91 Å². The Morgan fingerprint density at radius 3 is 2.49 bits per heavy atom. The van der Waals surface area contributed by atoms with Gasteiger partial charge in [-0.15, -0.1) is 0 Å². The lowest BCUT2D eigenvalue weighted by atomic mass is 10.1. The van der Waals surface area contributed by atoms with Gasteiger partial charge in [0.25, 0.3) is 5.91 Å². The van der Waals surface area contributed by atoms with Gasteiger partial charge in [-0.1, -0.05) is 11.6 Å². The number of fused-ring (bicyclic) bond motifs is 1. The van der Waals surface area contributed by atoms with Crippen LogP contribution < -0.4 is 5.32 Å². The number of pyridine rings is 1. The maximum absolute atomic E-state index is 12.8. The molecule has 2 N–H and O–H groups in total. The van der Waals surface area contributed by atoms with Gasteiger partial charge in [-0.25, -0.2) is 14.3 Å². The van der Waals surface area contributed by atoms with Crippen molar-refractivity contribution in [1.29, 1.82) is 0 Å². The van der Waals surface area contributed by atoms with Gasteiger partial charge in [0.1, 0.15) is 5.82 Å². The minimum Gasteiger partial charge on any atom is -0.464 e. The number of carboxylic acid groups (broad SMARTS) is 1. The molecule has 0 bridgehead atoms. The third-order valence-electron chi connectivity index (χ3n) is 6.15. The second-order valence-corrected chi connectivity index (χ2v) is 9.00. The van der Waals surface area contributed by atoms with Crippen LogP contribution in [0.15, 0.2) is 48.9 Å². The fourth-order valence-corrected chi connectivity index (χ4v) is 4.45. The van der Waals surface area contributed by atoms with Crippen molar-refractivity contribution in [1.82, 2.24) is 29.1 Å². The van der Waals surface area contributed by atoms with E-state index < -0.39 is 6.09 Å². The Labute approximate surface area is 206 Å². The van der Waals surface area contributed by atoms with E-state index in [4.69, 9.17) is 11.6 Å². The van der Waals surface area contributed by atoms with Gasteiger partial charge in [-0.3, -0.25) is 9.48 Å². The minimum absolute atomic E-state index is 0.0479. The van der Waals surface area contributed by atoms with E-state index >= 15 is 0 Å². The number of aryl methyl sites for hydroxylation is 1. The SMILES string of the molecule is CN1CCN(C(=O)c2ccc(Nc3cc4c(cn3)cc(-c3cnn(C)c3)n4C(=O)O)c(Cl)c2)CC1. The molecule has 0 unspecified atom stereocenters. The van der Waals surface area contributed by atoms with E-state index in [1.165, 1.54) is 4.57 Å². The molecule has 10 nitrogen and oxygen atoms in total. The van der Waals surface area contributed by atoms with Crippen LogP contribution in [0.2, 0.25) is 5.02 Å². The number of anilines is 2. The summed E-state index contributed by atoms with van der Waals surface area (Å²) in [7, 11) is 3.81. The first-order valence-electron chi connectivity index (χ1n) is 11.1. The normalized spacial score (nSPS) is 14.4. The molecule has 4 heterocycles. The van der Waals surface area contributed by atoms with Gasteiger partial charge in [0.15, 0.2) is 0 Å². The van der Waals surface area contributed by atoms with Crippen LogP contribution in [0.1, 0.15) is 10.4 Å². The quantitative estimate of drug-likeness (QED) is 0.445. The third kappa shape index (κ3) is 4.45. The van der Waals surface area contributed by atoms with E-state index in [9.17, 15) is 14.7 Å². The maximum atomic E-state index is 12.8. The summed E-state index contributed by atoms with van der Waals surface area (Å²) in [5.74, 6) is 0.379. The number of halogens is 1. The van der Waals surface area contributed by atoms with Crippen LogP contribution in [-0.4, -0.2) is 79.5 Å². The number of nitrogens with one attached hydrogen (secondary N) is 1. The van der Waals surface area contributed by atoms with Crippen LogP contribution in [0.4, 0.5) is 16.3 Å². The second kappa shape index (κ2) is 9.05. The van der Waals surface area contributed by atoms with Crippen molar-refractivity contribution in [3.63, 3.8) is 0 Å². The highest BCUT2D eigenvalue weighted by molar-refractivity contribution is 6.33. The van der Waals surface area contributed by atoms with Gasteiger partial charge in [0, 0.05) is 68.2 Å². The van der Waals surface area contributed by atoms with Crippen molar-refractivity contribution in [3.05, 3.63) is 59.5 Å². The van der Waals surface area contributed by atoms with Crippen molar-refractivity contribution < 1.29 is 14.7 Å². The lowest BCUT2D eigenvalue weighted by Crippen LogP contribution is -2.47. The lowest BCUT2D eigenvalue weighted by Gasteiger charge is -2.32. The van der Waals surface area contributed by atoms with Gasteiger partial charge in [0.05, 0.1) is 28.1 Å². The van der Waals surface area contributed by atoms with E-state index in [1.807, 2.05) is 11.9 Å². The Hall–Kier alpha value is -3.89. The molecule has 1 fully saturated rings. The van der Waals surface area contributed by atoms with Crippen LogP contribution in [0, 0.1) is 0 Å². The van der Waals surface area contributed by atoms with Crippen LogP contribution in [-0.2, 0) is 7.05 Å². The third-order valence-corrected chi connectivity index (χ3v) is 6.46. The first-order chi connectivity index (χ1) is 16.8. The van der Waals surface area contributed by atoms with Crippen molar-refractivity contribution in [2.45, 2.75) is 0 Å². The molecule has 0 atom stereocenters. The monoisotopic (exact) mass is 493 g/mol. The molecule has 3 aromatic heterocycles. The topological polar surface area (TPSA) is 109 Å². The van der Waals surface area contributed by atoms with Crippen LogP contribution in [0.5, 0.6) is 0 Å². The summed E-state index contributed by atoms with van der Waals surface area (Å²) in [6.45, 7) is 3.05. The molecule has 1 aliphatic rings. The molecular weight excluding hydrogens is 470 g/mol. The van der Waals surface area contributed by atoms with E-state index in [1.54, 1.807) is 60.7 Å². The van der Waals surface area contributed by atoms with Crippen molar-refractivity contribution in [2.75, 3.05) is 38.5 Å². The molecule has 1 aromatic carbocycles. The molecule has 1 amide bonds. The molecule has 0 radical (unpaired) electrons. The molecule has 0 aliphatic carbocycles. The largest absolute Gasteiger partial charge is 0.464 e. The zero-order valence-electron chi connectivity index (χ0n) is 19.3. The smallest absolute Gasteiger partial charge is 0.416 e. The molecule has 0 spiro atoms. The van der Waals surface area contributed by atoms with E-state index in [0.717, 1.165) is 13.1 Å². The van der Waals surface area contributed by atoms with Gasteiger partial charge in [-0.05, 0) is 31.3 Å². The summed E-state index contributed by atoms with van der Waals surface area (Å²) in [6.07, 6.45) is 3.87. The van der Waals surface area contributed by atoms with Gasteiger partial charge < -0.3 is 20.2 Å². The number of piperazine rings is 1. The summed E-state index contributed by atoms with van der Waals surface area (Å²) in [5, 5.41) is 18.2. The van der Waals surface area contributed by atoms with Crippen LogP contribution >= 0.6 is 11.6 Å². The fraction of sp³-hybridized carbons (Fsp3) is 0.250. The number of hydrogen-bond donors (Lipinski definition) is 2. The highest BCUT2D eigenvalue weighted by atomic mass is 35.5. The van der Waals surface area contributed by atoms with E-state index in [2.05, 4.69) is 20.3 Å². The standard InChI is InChI=1S/C24H24ClN7O3/c1-29-5-7-31(8-6-29)23(33)15-3-4-19(18(25)9-15)28-22-11-21-16(12-26-22)10-20(32(21)24(34)35)17-13-27-30(2)14-17/h3-4,9-14H,5-8H2,1-2H3,(H,26,28)(H,34,35). The van der Waals surface area contributed by atoms with E-state index in [0.29, 0.717) is 57.3 Å². The number of likely N-dealkylation sites (N-methyl/N-ethyl adjacent to an activating group) is 1. The number of rotatable bonds is 4. The highest BCUT2D eigenvalue weighted by Gasteiger charge is 2.21. The van der Waals surface area contributed by atoms with Crippen molar-refractivity contribution in [2.24, 2.45) is 7.05 Å². The molecule has 4 aromatic rings. The average Bonchev–Trinajstić information content (AvgIpc) is 3.43. The Bertz CT molecular complexity index is 1440. The van der Waals surface area contributed by atoms with Crippen LogP contribution in [0.3, 0.4) is 0 Å². The number of aromatic nitrogens is 4. The summed E-state index contributed by atoms with van der Waals surface area (Å²) in [6, 6.07) is 8.53. The molecule has 35 heavy (non-hydrogen) atoms. The fourth-order valence-electron chi connectivity index (χ4n) is 4.22. The number of carbonyl (C=O) groups excluding carboxylic acids is 1. The predicted molar refractivity (Wildman–Crippen MR) is 133 cm³/mol. The van der Waals surface area contributed by atoms with Crippen molar-refractivity contribution in [3.8, 4) is 11.3 Å². The molecule has 5 rings (SSSR count). The lowest BCUT2D eigenvalue weighted by molar-refractivity contribution is 0.0664. The number of hydrogen-bond acceptors (Lipinski definition) is 6. The number of amides is 1. The second-order valence-electron chi connectivity index (χ2n) is 8.59. The Kier molecular flexibility index (Phi) is 5.91. The zero-order valence-corrected chi connectivity index (χ0v) is 20.0. The summed E-state index contributed by atoms with van der Waals surface area (Å²) >= 11 is 6.49. The number of benzene rings is 1. The first-order valence-corrected chi connectivity index (χ1v) is 11.5. The summed E-state index contributed by atoms with van der Waals surface area (Å²) < 4.78 is 2.82. The van der Waals surface area contributed by atoms with Gasteiger partial charge in [-0.2, -0.15) is 5.10 Å². The Balaban J connectivity index is 1.42. The summed E-state index contributed by atoms with van der Waals surface area (Å²) in [4.78, 5) is 33.4. The first kappa shape index (κ1) is 22.9. The molecule has 180 valence electrons. The predicted octanol–water partition coefficient (Wildman–Crippen LogP) is 3.75. The highest BCUT2D eigenvalue weighted by Crippen LogP contribution is 2.31. The molecule has 0 saturated carbocycles. The number of carbonyl (C=O) groups is 2. The number of nitrogens with zero attached hydrogens (tertiary/aromatic N) is 6. The molecular formula is C24H24ClN7O3. The summed E-state index contributed by atoms with van der Waals surface area (Å²) in [5.41, 5.74) is 2.75. The van der Waals surface area contributed by atoms with Gasteiger partial charge in [0.2, 0.25) is 0 Å². The molecule has 1 saturated heterocycles.